The molecule has 0 saturated carbocycles. The second-order valence-corrected chi connectivity index (χ2v) is 6.32. The number of nitrogens with zero attached hydrogens (tertiary/aromatic N) is 2. The van der Waals surface area contributed by atoms with E-state index in [1.165, 1.54) is 0 Å². The van der Waals surface area contributed by atoms with Gasteiger partial charge in [-0.15, -0.1) is 0 Å². The Balaban J connectivity index is 1.73. The smallest absolute Gasteiger partial charge is 0.328 e. The summed E-state index contributed by atoms with van der Waals surface area (Å²) in [5, 5.41) is 10.4. The number of methoxy groups -OCH3 is 1. The van der Waals surface area contributed by atoms with Gasteiger partial charge in [0.05, 0.1) is 24.7 Å². The summed E-state index contributed by atoms with van der Waals surface area (Å²) < 4.78 is 14.2. The molecule has 0 radical (unpaired) electrons. The van der Waals surface area contributed by atoms with Crippen molar-refractivity contribution in [3.8, 4) is 11.5 Å². The topological polar surface area (TPSA) is 65.6 Å². The van der Waals surface area contributed by atoms with E-state index < -0.39 is 6.10 Å². The fourth-order valence-electron chi connectivity index (χ4n) is 3.09. The number of ether oxygens (including phenoxy) is 2. The first-order valence-electron chi connectivity index (χ1n) is 8.81. The molecule has 3 aromatic rings. The second-order valence-electron chi connectivity index (χ2n) is 6.32. The third kappa shape index (κ3) is 3.90. The molecule has 0 spiro atoms. The van der Waals surface area contributed by atoms with E-state index in [-0.39, 0.29) is 18.8 Å². The molecule has 1 N–H and O–H groups in total. The fourth-order valence-corrected chi connectivity index (χ4v) is 3.09. The lowest BCUT2D eigenvalue weighted by Crippen LogP contribution is -2.30. The summed E-state index contributed by atoms with van der Waals surface area (Å²) in [6.45, 7) is 2.15. The van der Waals surface area contributed by atoms with Gasteiger partial charge < -0.3 is 14.6 Å². The Morgan fingerprint density at radius 3 is 2.59 bits per heavy atom. The van der Waals surface area contributed by atoms with Crippen LogP contribution < -0.4 is 15.2 Å². The molecule has 142 valence electrons. The van der Waals surface area contributed by atoms with Crippen LogP contribution in [0.1, 0.15) is 12.5 Å². The van der Waals surface area contributed by atoms with Gasteiger partial charge in [0.1, 0.15) is 12.7 Å². The van der Waals surface area contributed by atoms with Crippen LogP contribution in [0.5, 0.6) is 11.5 Å². The van der Waals surface area contributed by atoms with E-state index in [0.717, 1.165) is 16.6 Å². The Bertz CT molecular complexity index is 1020. The van der Waals surface area contributed by atoms with Crippen LogP contribution in [0.4, 0.5) is 0 Å². The zero-order valence-corrected chi connectivity index (χ0v) is 15.8. The van der Waals surface area contributed by atoms with Gasteiger partial charge >= 0.3 is 5.69 Å². The molecule has 0 bridgehead atoms. The van der Waals surface area contributed by atoms with E-state index >= 15 is 0 Å². The Kier molecular flexibility index (Phi) is 5.66. The number of aliphatic hydroxyl groups excluding tert-OH is 1. The van der Waals surface area contributed by atoms with E-state index in [9.17, 15) is 9.90 Å². The minimum Gasteiger partial charge on any atom is -0.493 e. The second kappa shape index (κ2) is 8.14. The molecule has 0 amide bonds. The summed E-state index contributed by atoms with van der Waals surface area (Å²) in [6, 6.07) is 13.1. The minimum absolute atomic E-state index is 0.0506. The Hall–Kier alpha value is -2.99. The van der Waals surface area contributed by atoms with Gasteiger partial charge in [-0.25, -0.2) is 4.79 Å². The molecule has 1 aromatic heterocycles. The van der Waals surface area contributed by atoms with Crippen LogP contribution in [0, 0.1) is 0 Å². The molecule has 6 nitrogen and oxygen atoms in total. The van der Waals surface area contributed by atoms with Crippen molar-refractivity contribution in [3.63, 3.8) is 0 Å². The predicted octanol–water partition coefficient (Wildman–Crippen LogP) is 2.82. The Morgan fingerprint density at radius 2 is 1.89 bits per heavy atom. The number of benzene rings is 2. The molecular weight excluding hydrogens is 344 g/mol. The quantitative estimate of drug-likeness (QED) is 0.696. The summed E-state index contributed by atoms with van der Waals surface area (Å²) in [6.07, 6.45) is 3.07. The van der Waals surface area contributed by atoms with Gasteiger partial charge in [-0.1, -0.05) is 30.4 Å². The van der Waals surface area contributed by atoms with Gasteiger partial charge in [-0.2, -0.15) is 0 Å². The highest BCUT2D eigenvalue weighted by Crippen LogP contribution is 2.28. The van der Waals surface area contributed by atoms with E-state index in [2.05, 4.69) is 0 Å². The Morgan fingerprint density at radius 1 is 1.15 bits per heavy atom. The molecule has 2 aromatic carbocycles. The number of fused-ring (bicyclic) bond motifs is 1. The predicted molar refractivity (Wildman–Crippen MR) is 106 cm³/mol. The van der Waals surface area contributed by atoms with E-state index in [1.807, 2.05) is 61.5 Å². The lowest BCUT2D eigenvalue weighted by molar-refractivity contribution is 0.0910. The number of para-hydroxylation sites is 2. The van der Waals surface area contributed by atoms with Crippen molar-refractivity contribution >= 4 is 17.1 Å². The molecule has 6 heteroatoms. The fraction of sp³-hybridized carbons (Fsp3) is 0.286. The van der Waals surface area contributed by atoms with Gasteiger partial charge in [-0.05, 0) is 36.8 Å². The highest BCUT2D eigenvalue weighted by atomic mass is 16.5. The molecular formula is C21H24N2O4. The number of allylic oxidation sites excluding steroid dienone is 1. The Labute approximate surface area is 157 Å². The molecule has 0 saturated heterocycles. The maximum absolute atomic E-state index is 12.4. The van der Waals surface area contributed by atoms with E-state index in [1.54, 1.807) is 23.3 Å². The number of hydrogen-bond donors (Lipinski definition) is 1. The average Bonchev–Trinajstić information content (AvgIpc) is 2.92. The van der Waals surface area contributed by atoms with Crippen LogP contribution in [0.3, 0.4) is 0 Å². The van der Waals surface area contributed by atoms with Gasteiger partial charge in [-0.3, -0.25) is 9.13 Å². The zero-order valence-electron chi connectivity index (χ0n) is 15.8. The van der Waals surface area contributed by atoms with Gasteiger partial charge in [0, 0.05) is 7.05 Å². The van der Waals surface area contributed by atoms with Gasteiger partial charge in [0.2, 0.25) is 0 Å². The van der Waals surface area contributed by atoms with E-state index in [4.69, 9.17) is 9.47 Å². The van der Waals surface area contributed by atoms with Crippen LogP contribution in [0.25, 0.3) is 17.1 Å². The van der Waals surface area contributed by atoms with Crippen LogP contribution >= 0.6 is 0 Å². The van der Waals surface area contributed by atoms with Crippen LogP contribution in [-0.2, 0) is 13.6 Å². The van der Waals surface area contributed by atoms with Crippen LogP contribution in [-0.4, -0.2) is 34.1 Å². The SMILES string of the molecule is C/C=C/c1ccc(OCC(O)Cn2c(=O)n(C)c3ccccc32)c(OC)c1. The lowest BCUT2D eigenvalue weighted by atomic mass is 10.2. The highest BCUT2D eigenvalue weighted by molar-refractivity contribution is 5.75. The summed E-state index contributed by atoms with van der Waals surface area (Å²) >= 11 is 0. The molecule has 1 atom stereocenters. The third-order valence-electron chi connectivity index (χ3n) is 4.42. The minimum atomic E-state index is -0.839. The van der Waals surface area contributed by atoms with Crippen molar-refractivity contribution in [1.82, 2.24) is 9.13 Å². The van der Waals surface area contributed by atoms with Crippen LogP contribution in [0.2, 0.25) is 0 Å². The first-order valence-corrected chi connectivity index (χ1v) is 8.81. The molecule has 0 aliphatic heterocycles. The highest BCUT2D eigenvalue weighted by Gasteiger charge is 2.15. The molecule has 0 aliphatic rings. The molecule has 27 heavy (non-hydrogen) atoms. The van der Waals surface area contributed by atoms with Crippen molar-refractivity contribution in [3.05, 3.63) is 64.6 Å². The number of aliphatic hydroxyl groups is 1. The van der Waals surface area contributed by atoms with Crippen LogP contribution in [0.15, 0.2) is 53.3 Å². The summed E-state index contributed by atoms with van der Waals surface area (Å²) in [5.74, 6) is 1.15. The van der Waals surface area contributed by atoms with E-state index in [0.29, 0.717) is 11.5 Å². The summed E-state index contributed by atoms with van der Waals surface area (Å²) in [4.78, 5) is 12.4. The average molecular weight is 368 g/mol. The lowest BCUT2D eigenvalue weighted by Gasteiger charge is -2.15. The van der Waals surface area contributed by atoms with Crippen molar-refractivity contribution in [1.29, 1.82) is 0 Å². The molecule has 0 aliphatic carbocycles. The summed E-state index contributed by atoms with van der Waals surface area (Å²) in [5.41, 5.74) is 2.46. The van der Waals surface area contributed by atoms with Crippen molar-refractivity contribution in [2.45, 2.75) is 19.6 Å². The number of imidazole rings is 1. The monoisotopic (exact) mass is 368 g/mol. The maximum atomic E-state index is 12.4. The molecule has 1 heterocycles. The first kappa shape index (κ1) is 18.8. The first-order chi connectivity index (χ1) is 13.0. The maximum Gasteiger partial charge on any atom is 0.328 e. The molecule has 1 unspecified atom stereocenters. The van der Waals surface area contributed by atoms with Crippen molar-refractivity contribution < 1.29 is 14.6 Å². The molecule has 0 fully saturated rings. The molecule has 3 rings (SSSR count). The normalized spacial score (nSPS) is 12.6. The number of rotatable bonds is 7. The zero-order chi connectivity index (χ0) is 19.4. The van der Waals surface area contributed by atoms with Gasteiger partial charge in [0.15, 0.2) is 11.5 Å². The standard InChI is InChI=1S/C21H24N2O4/c1-4-7-15-10-11-19(20(12-15)26-3)27-14-16(24)13-23-18-9-6-5-8-17(18)22(2)21(23)25/h4-12,16,24H,13-14H2,1-3H3/b7-4+. The number of hydrogen-bond acceptors (Lipinski definition) is 4. The number of aryl methyl sites for hydroxylation is 1. The van der Waals surface area contributed by atoms with Crippen molar-refractivity contribution in [2.75, 3.05) is 13.7 Å². The summed E-state index contributed by atoms with van der Waals surface area (Å²) in [7, 11) is 3.30. The third-order valence-corrected chi connectivity index (χ3v) is 4.42. The van der Waals surface area contributed by atoms with Crippen molar-refractivity contribution in [2.24, 2.45) is 7.05 Å². The number of aromatic nitrogens is 2. The largest absolute Gasteiger partial charge is 0.493 e. The van der Waals surface area contributed by atoms with Gasteiger partial charge in [0.25, 0.3) is 0 Å².